The Morgan fingerprint density at radius 2 is 1.91 bits per heavy atom. The van der Waals surface area contributed by atoms with Gasteiger partial charge in [0.25, 0.3) is 0 Å². The summed E-state index contributed by atoms with van der Waals surface area (Å²) in [5.41, 5.74) is 2.20. The van der Waals surface area contributed by atoms with Gasteiger partial charge in [0.2, 0.25) is 11.8 Å². The third-order valence-electron chi connectivity index (χ3n) is 3.50. The van der Waals surface area contributed by atoms with Gasteiger partial charge in [0, 0.05) is 19.0 Å². The molecular formula is C18H28N2O2. The van der Waals surface area contributed by atoms with Crippen LogP contribution in [0.2, 0.25) is 0 Å². The average Bonchev–Trinajstić information content (AvgIpc) is 2.43. The summed E-state index contributed by atoms with van der Waals surface area (Å²) in [5, 5.41) is 2.88. The number of amides is 2. The van der Waals surface area contributed by atoms with Crippen LogP contribution in [0.25, 0.3) is 0 Å². The minimum atomic E-state index is -0.470. The fourth-order valence-electron chi connectivity index (χ4n) is 2.35. The quantitative estimate of drug-likeness (QED) is 0.841. The van der Waals surface area contributed by atoms with E-state index in [0.717, 1.165) is 17.5 Å². The molecule has 22 heavy (non-hydrogen) atoms. The van der Waals surface area contributed by atoms with E-state index < -0.39 is 6.04 Å². The minimum Gasteiger partial charge on any atom is -0.352 e. The number of carbonyl (C=O) groups is 2. The molecule has 0 aliphatic heterocycles. The fraction of sp³-hybridized carbons (Fsp3) is 0.556. The van der Waals surface area contributed by atoms with Crippen LogP contribution in [0.4, 0.5) is 0 Å². The van der Waals surface area contributed by atoms with Crippen molar-refractivity contribution in [3.05, 3.63) is 35.4 Å². The van der Waals surface area contributed by atoms with Crippen molar-refractivity contribution < 1.29 is 9.59 Å². The maximum atomic E-state index is 12.4. The summed E-state index contributed by atoms with van der Waals surface area (Å²) in [4.78, 5) is 26.3. The lowest BCUT2D eigenvalue weighted by molar-refractivity contribution is -0.140. The van der Waals surface area contributed by atoms with Crippen molar-refractivity contribution in [2.45, 2.75) is 66.1 Å². The molecule has 1 N–H and O–H groups in total. The highest BCUT2D eigenvalue weighted by molar-refractivity contribution is 5.87. The smallest absolute Gasteiger partial charge is 0.242 e. The second kappa shape index (κ2) is 8.57. The Morgan fingerprint density at radius 1 is 1.23 bits per heavy atom. The first kappa shape index (κ1) is 18.2. The average molecular weight is 304 g/mol. The summed E-state index contributed by atoms with van der Waals surface area (Å²) in [5.74, 6) is -0.0810. The largest absolute Gasteiger partial charge is 0.352 e. The maximum absolute atomic E-state index is 12.4. The number of aryl methyl sites for hydroxylation is 1. The summed E-state index contributed by atoms with van der Waals surface area (Å²) < 4.78 is 0. The molecular weight excluding hydrogens is 276 g/mol. The second-order valence-electron chi connectivity index (χ2n) is 6.10. The monoisotopic (exact) mass is 304 g/mol. The molecule has 0 spiro atoms. The molecule has 1 aromatic rings. The van der Waals surface area contributed by atoms with E-state index in [9.17, 15) is 9.59 Å². The van der Waals surface area contributed by atoms with E-state index in [1.807, 2.05) is 45.9 Å². The molecule has 122 valence electrons. The van der Waals surface area contributed by atoms with Gasteiger partial charge in [-0.05, 0) is 39.7 Å². The topological polar surface area (TPSA) is 49.4 Å². The number of rotatable bonds is 7. The molecule has 0 aromatic heterocycles. The Bertz CT molecular complexity index is 512. The summed E-state index contributed by atoms with van der Waals surface area (Å²) in [7, 11) is 0. The Kier molecular flexibility index (Phi) is 7.09. The van der Waals surface area contributed by atoms with Crippen molar-refractivity contribution in [3.8, 4) is 0 Å². The van der Waals surface area contributed by atoms with E-state index in [1.165, 1.54) is 0 Å². The second-order valence-corrected chi connectivity index (χ2v) is 6.10. The number of hydrogen-bond acceptors (Lipinski definition) is 2. The zero-order chi connectivity index (χ0) is 16.7. The molecule has 0 aliphatic rings. The summed E-state index contributed by atoms with van der Waals surface area (Å²) in [6, 6.07) is 7.65. The third kappa shape index (κ3) is 5.51. The van der Waals surface area contributed by atoms with Gasteiger partial charge < -0.3 is 10.2 Å². The summed E-state index contributed by atoms with van der Waals surface area (Å²) in [6.07, 6.45) is 1.24. The molecule has 0 unspecified atom stereocenters. The number of carbonyl (C=O) groups excluding carboxylic acids is 2. The van der Waals surface area contributed by atoms with Gasteiger partial charge in [-0.25, -0.2) is 0 Å². The normalized spacial score (nSPS) is 12.1. The molecule has 4 heteroatoms. The van der Waals surface area contributed by atoms with E-state index >= 15 is 0 Å². The van der Waals surface area contributed by atoms with Gasteiger partial charge in [0.05, 0.1) is 0 Å². The van der Waals surface area contributed by atoms with E-state index in [0.29, 0.717) is 13.0 Å². The zero-order valence-electron chi connectivity index (χ0n) is 14.3. The number of nitrogens with one attached hydrogen (secondary N) is 1. The fourth-order valence-corrected chi connectivity index (χ4v) is 2.35. The molecule has 0 radical (unpaired) electrons. The van der Waals surface area contributed by atoms with E-state index in [-0.39, 0.29) is 17.9 Å². The van der Waals surface area contributed by atoms with E-state index in [2.05, 4.69) is 11.4 Å². The number of hydrogen-bond donors (Lipinski definition) is 1. The summed E-state index contributed by atoms with van der Waals surface area (Å²) >= 11 is 0. The van der Waals surface area contributed by atoms with Gasteiger partial charge in [-0.2, -0.15) is 0 Å². The van der Waals surface area contributed by atoms with Crippen molar-refractivity contribution in [1.29, 1.82) is 0 Å². The van der Waals surface area contributed by atoms with E-state index in [4.69, 9.17) is 0 Å². The molecule has 1 aromatic carbocycles. The van der Waals surface area contributed by atoms with Crippen molar-refractivity contribution in [2.24, 2.45) is 0 Å². The maximum Gasteiger partial charge on any atom is 0.242 e. The van der Waals surface area contributed by atoms with Crippen LogP contribution in [-0.4, -0.2) is 28.8 Å². The van der Waals surface area contributed by atoms with Crippen LogP contribution in [-0.2, 0) is 16.1 Å². The molecule has 0 saturated carbocycles. The Balaban J connectivity index is 2.92. The van der Waals surface area contributed by atoms with Crippen LogP contribution in [0.15, 0.2) is 24.3 Å². The lowest BCUT2D eigenvalue weighted by Crippen LogP contribution is -2.49. The van der Waals surface area contributed by atoms with Crippen molar-refractivity contribution in [3.63, 3.8) is 0 Å². The van der Waals surface area contributed by atoms with Gasteiger partial charge in [0.15, 0.2) is 0 Å². The van der Waals surface area contributed by atoms with Gasteiger partial charge in [-0.1, -0.05) is 36.8 Å². The first-order valence-electron chi connectivity index (χ1n) is 8.00. The molecule has 0 saturated heterocycles. The van der Waals surface area contributed by atoms with Crippen LogP contribution < -0.4 is 5.32 Å². The van der Waals surface area contributed by atoms with Crippen LogP contribution >= 0.6 is 0 Å². The van der Waals surface area contributed by atoms with Crippen molar-refractivity contribution in [1.82, 2.24) is 10.2 Å². The Morgan fingerprint density at radius 3 is 2.45 bits per heavy atom. The highest BCUT2D eigenvalue weighted by atomic mass is 16.2. The SMILES string of the molecule is CCCC(=O)N(Cc1cccc(C)c1)[C@@H](C)C(=O)NC(C)C. The van der Waals surface area contributed by atoms with Crippen molar-refractivity contribution in [2.75, 3.05) is 0 Å². The van der Waals surface area contributed by atoms with Crippen molar-refractivity contribution >= 4 is 11.8 Å². The highest BCUT2D eigenvalue weighted by Crippen LogP contribution is 2.13. The molecule has 1 atom stereocenters. The molecule has 0 fully saturated rings. The van der Waals surface area contributed by atoms with Crippen LogP contribution in [0, 0.1) is 6.92 Å². The number of benzene rings is 1. The molecule has 4 nitrogen and oxygen atoms in total. The molecule has 2 amide bonds. The van der Waals surface area contributed by atoms with Gasteiger partial charge in [0.1, 0.15) is 6.04 Å². The molecule has 1 rings (SSSR count). The van der Waals surface area contributed by atoms with Crippen LogP contribution in [0.3, 0.4) is 0 Å². The first-order valence-corrected chi connectivity index (χ1v) is 8.00. The lowest BCUT2D eigenvalue weighted by atomic mass is 10.1. The standard InChI is InChI=1S/C18H28N2O2/c1-6-8-17(21)20(15(5)18(22)19-13(2)3)12-16-10-7-9-14(4)11-16/h7,9-11,13,15H,6,8,12H2,1-5H3,(H,19,22)/t15-/m0/s1. The Labute approximate surface area is 133 Å². The van der Waals surface area contributed by atoms with Crippen LogP contribution in [0.5, 0.6) is 0 Å². The van der Waals surface area contributed by atoms with Gasteiger partial charge in [-0.15, -0.1) is 0 Å². The van der Waals surface area contributed by atoms with Crippen LogP contribution in [0.1, 0.15) is 51.7 Å². The predicted molar refractivity (Wildman–Crippen MR) is 89.4 cm³/mol. The predicted octanol–water partition coefficient (Wildman–Crippen LogP) is 3.04. The van der Waals surface area contributed by atoms with E-state index in [1.54, 1.807) is 11.8 Å². The third-order valence-corrected chi connectivity index (χ3v) is 3.50. The first-order chi connectivity index (χ1) is 10.3. The minimum absolute atomic E-state index is 0.0235. The van der Waals surface area contributed by atoms with Gasteiger partial charge >= 0.3 is 0 Å². The number of nitrogens with zero attached hydrogens (tertiary/aromatic N) is 1. The Hall–Kier alpha value is -1.84. The summed E-state index contributed by atoms with van der Waals surface area (Å²) in [6.45, 7) is 10.1. The molecule has 0 heterocycles. The highest BCUT2D eigenvalue weighted by Gasteiger charge is 2.25. The van der Waals surface area contributed by atoms with Gasteiger partial charge in [-0.3, -0.25) is 9.59 Å². The lowest BCUT2D eigenvalue weighted by Gasteiger charge is -2.29. The molecule has 0 bridgehead atoms. The zero-order valence-corrected chi connectivity index (χ0v) is 14.3. The molecule has 0 aliphatic carbocycles.